The lowest BCUT2D eigenvalue weighted by atomic mass is 9.96. The molecule has 0 aliphatic carbocycles. The van der Waals surface area contributed by atoms with E-state index in [0.29, 0.717) is 34.5 Å². The van der Waals surface area contributed by atoms with Gasteiger partial charge in [-0.05, 0) is 82.3 Å². The highest BCUT2D eigenvalue weighted by Gasteiger charge is 2.41. The van der Waals surface area contributed by atoms with E-state index in [2.05, 4.69) is 32.3 Å². The number of pyridine rings is 1. The highest BCUT2D eigenvalue weighted by molar-refractivity contribution is 6.02. The van der Waals surface area contributed by atoms with Crippen LogP contribution in [0.4, 0.5) is 11.5 Å². The molecule has 2 atom stereocenters. The molecule has 2 bridgehead atoms. The fourth-order valence-corrected chi connectivity index (χ4v) is 6.32. The van der Waals surface area contributed by atoms with Gasteiger partial charge in [0, 0.05) is 60.3 Å². The Morgan fingerprint density at radius 2 is 1.66 bits per heavy atom. The minimum absolute atomic E-state index is 0.0116. The highest BCUT2D eigenvalue weighted by Crippen LogP contribution is 2.38. The van der Waals surface area contributed by atoms with Crippen molar-refractivity contribution in [1.29, 1.82) is 0 Å². The Hall–Kier alpha value is -3.46. The van der Waals surface area contributed by atoms with E-state index in [0.717, 1.165) is 64.0 Å². The first kappa shape index (κ1) is 26.2. The van der Waals surface area contributed by atoms with E-state index in [-0.39, 0.29) is 23.8 Å². The van der Waals surface area contributed by atoms with Gasteiger partial charge in [-0.2, -0.15) is 0 Å². The Bertz CT molecular complexity index is 1180. The molecule has 9 heteroatoms. The first-order chi connectivity index (χ1) is 18.3. The number of anilines is 2. The molecule has 0 radical (unpaired) electrons. The lowest BCUT2D eigenvalue weighted by molar-refractivity contribution is 0.0924. The summed E-state index contributed by atoms with van der Waals surface area (Å²) in [5.74, 6) is 0.276. The number of nitrogens with two attached hydrogens (primary N) is 1. The number of carbonyl (C=O) groups excluding carboxylic acids is 3. The molecule has 5 rings (SSSR count). The SMILES string of the molecule is CCN1CCC(Nc2cc(C(=O)NC3CC4CCC(C3)N4c3ccc(C(C)=O)cn3)ccc2C(N)=O)CC1. The second-order valence-electron chi connectivity index (χ2n) is 10.9. The van der Waals surface area contributed by atoms with Crippen LogP contribution in [-0.4, -0.2) is 71.3 Å². The summed E-state index contributed by atoms with van der Waals surface area (Å²) in [4.78, 5) is 46.3. The summed E-state index contributed by atoms with van der Waals surface area (Å²) < 4.78 is 0. The van der Waals surface area contributed by atoms with Gasteiger partial charge >= 0.3 is 0 Å². The molecule has 4 heterocycles. The number of nitrogens with one attached hydrogen (secondary N) is 2. The first-order valence-electron chi connectivity index (χ1n) is 13.8. The number of rotatable bonds is 8. The topological polar surface area (TPSA) is 121 Å². The minimum Gasteiger partial charge on any atom is -0.382 e. The van der Waals surface area contributed by atoms with Crippen molar-refractivity contribution >= 4 is 29.1 Å². The molecule has 2 aromatic rings. The quantitative estimate of drug-likeness (QED) is 0.459. The van der Waals surface area contributed by atoms with Crippen LogP contribution in [0.15, 0.2) is 36.5 Å². The van der Waals surface area contributed by atoms with Crippen LogP contribution in [0.5, 0.6) is 0 Å². The molecule has 4 N–H and O–H groups in total. The first-order valence-corrected chi connectivity index (χ1v) is 13.8. The van der Waals surface area contributed by atoms with Crippen molar-refractivity contribution in [2.75, 3.05) is 29.9 Å². The number of fused-ring (bicyclic) bond motifs is 2. The number of hydrogen-bond donors (Lipinski definition) is 3. The molecule has 38 heavy (non-hydrogen) atoms. The molecule has 1 aromatic carbocycles. The van der Waals surface area contributed by atoms with Gasteiger partial charge in [-0.3, -0.25) is 14.4 Å². The number of benzene rings is 1. The average molecular weight is 519 g/mol. The number of likely N-dealkylation sites (tertiary alicyclic amines) is 1. The summed E-state index contributed by atoms with van der Waals surface area (Å²) in [6.45, 7) is 6.78. The van der Waals surface area contributed by atoms with Crippen LogP contribution in [0.25, 0.3) is 0 Å². The fourth-order valence-electron chi connectivity index (χ4n) is 6.32. The van der Waals surface area contributed by atoms with Gasteiger partial charge in [0.2, 0.25) is 0 Å². The summed E-state index contributed by atoms with van der Waals surface area (Å²) in [6, 6.07) is 9.80. The summed E-state index contributed by atoms with van der Waals surface area (Å²) in [5.41, 5.74) is 7.84. The Morgan fingerprint density at radius 3 is 2.24 bits per heavy atom. The van der Waals surface area contributed by atoms with Crippen LogP contribution in [0.3, 0.4) is 0 Å². The van der Waals surface area contributed by atoms with Crippen molar-refractivity contribution in [3.63, 3.8) is 0 Å². The van der Waals surface area contributed by atoms with Crippen molar-refractivity contribution in [1.82, 2.24) is 15.2 Å². The number of piperidine rings is 2. The molecule has 3 aliphatic rings. The van der Waals surface area contributed by atoms with Gasteiger partial charge in [0.1, 0.15) is 5.82 Å². The van der Waals surface area contributed by atoms with Crippen LogP contribution < -0.4 is 21.3 Å². The number of amides is 2. The van der Waals surface area contributed by atoms with Gasteiger partial charge in [-0.1, -0.05) is 6.92 Å². The maximum atomic E-state index is 13.3. The van der Waals surface area contributed by atoms with Crippen LogP contribution in [0.2, 0.25) is 0 Å². The fraction of sp³-hybridized carbons (Fsp3) is 0.517. The molecule has 2 amide bonds. The monoisotopic (exact) mass is 518 g/mol. The van der Waals surface area contributed by atoms with Crippen molar-refractivity contribution in [3.05, 3.63) is 53.2 Å². The number of aromatic nitrogens is 1. The normalized spacial score (nSPS) is 23.7. The zero-order valence-corrected chi connectivity index (χ0v) is 22.3. The van der Waals surface area contributed by atoms with Crippen LogP contribution >= 0.6 is 0 Å². The third-order valence-corrected chi connectivity index (χ3v) is 8.43. The van der Waals surface area contributed by atoms with Gasteiger partial charge in [0.15, 0.2) is 5.78 Å². The van der Waals surface area contributed by atoms with Crippen molar-refractivity contribution in [2.45, 2.75) is 76.5 Å². The summed E-state index contributed by atoms with van der Waals surface area (Å²) in [6.07, 6.45) is 7.43. The molecular formula is C29H38N6O3. The number of Topliss-reactive ketones (excluding diaryl/α,β-unsaturated/α-hetero) is 1. The number of nitrogens with zero attached hydrogens (tertiary/aromatic N) is 3. The van der Waals surface area contributed by atoms with Gasteiger partial charge in [-0.15, -0.1) is 0 Å². The number of primary amides is 1. The van der Waals surface area contributed by atoms with Gasteiger partial charge < -0.3 is 26.2 Å². The third-order valence-electron chi connectivity index (χ3n) is 8.43. The summed E-state index contributed by atoms with van der Waals surface area (Å²) >= 11 is 0. The van der Waals surface area contributed by atoms with E-state index < -0.39 is 5.91 Å². The lowest BCUT2D eigenvalue weighted by Crippen LogP contribution is -2.50. The molecule has 0 spiro atoms. The summed E-state index contributed by atoms with van der Waals surface area (Å²) in [5, 5.41) is 6.73. The van der Waals surface area contributed by atoms with Crippen molar-refractivity contribution in [2.24, 2.45) is 5.73 Å². The van der Waals surface area contributed by atoms with Crippen LogP contribution in [0, 0.1) is 0 Å². The van der Waals surface area contributed by atoms with Gasteiger partial charge in [0.05, 0.1) is 5.56 Å². The molecule has 3 fully saturated rings. The van der Waals surface area contributed by atoms with E-state index in [4.69, 9.17) is 5.73 Å². The van der Waals surface area contributed by atoms with Gasteiger partial charge in [-0.25, -0.2) is 4.98 Å². The molecule has 3 aliphatic heterocycles. The molecule has 0 saturated carbocycles. The minimum atomic E-state index is -0.501. The zero-order chi connectivity index (χ0) is 26.8. The predicted octanol–water partition coefficient (Wildman–Crippen LogP) is 3.21. The molecule has 9 nitrogen and oxygen atoms in total. The van der Waals surface area contributed by atoms with Gasteiger partial charge in [0.25, 0.3) is 11.8 Å². The maximum absolute atomic E-state index is 13.3. The third kappa shape index (κ3) is 5.53. The second kappa shape index (κ2) is 11.1. The standard InChI is InChI=1S/C29H38N6O3/c1-3-34-12-10-21(11-13-34)32-26-14-19(4-8-25(26)28(30)37)29(38)33-22-15-23-6-7-24(16-22)35(23)27-9-5-20(17-31-27)18(2)36/h4-5,8-9,14,17,21-24,32H,3,6-7,10-13,15-16H2,1-2H3,(H2,30,37)(H,33,38). The van der Waals surface area contributed by atoms with Crippen molar-refractivity contribution in [3.8, 4) is 0 Å². The Labute approximate surface area is 224 Å². The zero-order valence-electron chi connectivity index (χ0n) is 22.3. The molecule has 3 saturated heterocycles. The number of carbonyl (C=O) groups is 3. The van der Waals surface area contributed by atoms with E-state index in [1.54, 1.807) is 31.3 Å². The van der Waals surface area contributed by atoms with Crippen molar-refractivity contribution < 1.29 is 14.4 Å². The molecular weight excluding hydrogens is 480 g/mol. The van der Waals surface area contributed by atoms with E-state index in [1.807, 2.05) is 12.1 Å². The predicted molar refractivity (Wildman–Crippen MR) is 148 cm³/mol. The summed E-state index contributed by atoms with van der Waals surface area (Å²) in [7, 11) is 0. The Morgan fingerprint density at radius 1 is 0.974 bits per heavy atom. The lowest BCUT2D eigenvalue weighted by Gasteiger charge is -2.40. The highest BCUT2D eigenvalue weighted by atomic mass is 16.2. The Kier molecular flexibility index (Phi) is 7.65. The van der Waals surface area contributed by atoms with E-state index in [9.17, 15) is 14.4 Å². The number of hydrogen-bond acceptors (Lipinski definition) is 7. The van der Waals surface area contributed by atoms with E-state index >= 15 is 0 Å². The Balaban J connectivity index is 1.24. The molecule has 2 unspecified atom stereocenters. The number of ketones is 1. The smallest absolute Gasteiger partial charge is 0.251 e. The molecule has 202 valence electrons. The van der Waals surface area contributed by atoms with Crippen LogP contribution in [0.1, 0.15) is 83.4 Å². The second-order valence-corrected chi connectivity index (χ2v) is 10.9. The van der Waals surface area contributed by atoms with E-state index in [1.165, 1.54) is 0 Å². The van der Waals surface area contributed by atoms with Crippen LogP contribution in [-0.2, 0) is 0 Å². The largest absolute Gasteiger partial charge is 0.382 e. The average Bonchev–Trinajstić information content (AvgIpc) is 3.18. The molecule has 1 aromatic heterocycles. The maximum Gasteiger partial charge on any atom is 0.251 e.